The predicted molar refractivity (Wildman–Crippen MR) is 87.4 cm³/mol. The average molecular weight is 296 g/mol. The van der Waals surface area contributed by atoms with Crippen LogP contribution >= 0.6 is 0 Å². The number of carbonyl (C=O) groups is 1. The fourth-order valence-corrected chi connectivity index (χ4v) is 3.15. The molecule has 1 heterocycles. The van der Waals surface area contributed by atoms with Crippen molar-refractivity contribution < 1.29 is 4.79 Å². The Morgan fingerprint density at radius 1 is 1.27 bits per heavy atom. The number of hydrogen-bond acceptors (Lipinski definition) is 2. The molecule has 0 spiro atoms. The van der Waals surface area contributed by atoms with E-state index in [1.165, 1.54) is 0 Å². The summed E-state index contributed by atoms with van der Waals surface area (Å²) in [5.41, 5.74) is 2.90. The molecule has 1 aliphatic rings. The lowest BCUT2D eigenvalue weighted by atomic mass is 9.86. The van der Waals surface area contributed by atoms with Gasteiger partial charge in [0.1, 0.15) is 5.56 Å². The van der Waals surface area contributed by atoms with E-state index in [9.17, 15) is 9.59 Å². The number of carbonyl (C=O) groups excluding carboxylic acids is 1. The summed E-state index contributed by atoms with van der Waals surface area (Å²) >= 11 is 0. The van der Waals surface area contributed by atoms with Crippen molar-refractivity contribution in [3.8, 4) is 0 Å². The first kappa shape index (κ1) is 14.6. The van der Waals surface area contributed by atoms with E-state index in [-0.39, 0.29) is 17.0 Å². The molecule has 1 aliphatic carbocycles. The number of nitrogens with zero attached hydrogens (tertiary/aromatic N) is 1. The maximum atomic E-state index is 12.5. The number of amides is 1. The van der Waals surface area contributed by atoms with Crippen molar-refractivity contribution in [1.82, 2.24) is 4.57 Å². The Bertz CT molecular complexity index is 763. The van der Waals surface area contributed by atoms with E-state index in [2.05, 4.69) is 12.2 Å². The minimum absolute atomic E-state index is 0.221. The highest BCUT2D eigenvalue weighted by atomic mass is 16.2. The van der Waals surface area contributed by atoms with Gasteiger partial charge < -0.3 is 9.88 Å². The van der Waals surface area contributed by atoms with Gasteiger partial charge in [0.05, 0.1) is 0 Å². The van der Waals surface area contributed by atoms with Crippen molar-refractivity contribution in [3.63, 3.8) is 0 Å². The first-order chi connectivity index (χ1) is 10.6. The largest absolute Gasteiger partial charge is 0.322 e. The molecule has 1 aromatic heterocycles. The van der Waals surface area contributed by atoms with Crippen LogP contribution in [0.25, 0.3) is 0 Å². The molecule has 1 amide bonds. The molecule has 0 fully saturated rings. The highest BCUT2D eigenvalue weighted by Crippen LogP contribution is 2.30. The van der Waals surface area contributed by atoms with Crippen LogP contribution in [0.5, 0.6) is 0 Å². The van der Waals surface area contributed by atoms with Gasteiger partial charge in [0, 0.05) is 18.4 Å². The summed E-state index contributed by atoms with van der Waals surface area (Å²) in [7, 11) is 1.76. The fourth-order valence-electron chi connectivity index (χ4n) is 3.15. The van der Waals surface area contributed by atoms with E-state index < -0.39 is 0 Å². The highest BCUT2D eigenvalue weighted by molar-refractivity contribution is 6.04. The number of pyridine rings is 1. The molecule has 0 saturated heterocycles. The third kappa shape index (κ3) is 2.56. The number of rotatable bonds is 2. The van der Waals surface area contributed by atoms with Gasteiger partial charge in [0.2, 0.25) is 0 Å². The van der Waals surface area contributed by atoms with Gasteiger partial charge in [-0.1, -0.05) is 25.1 Å². The van der Waals surface area contributed by atoms with Crippen LogP contribution in [0.1, 0.15) is 47.3 Å². The van der Waals surface area contributed by atoms with Crippen LogP contribution in [-0.2, 0) is 13.5 Å². The first-order valence-electron chi connectivity index (χ1n) is 7.67. The lowest BCUT2D eigenvalue weighted by molar-refractivity contribution is 0.102. The van der Waals surface area contributed by atoms with E-state index in [1.54, 1.807) is 17.7 Å². The Hall–Kier alpha value is -2.36. The van der Waals surface area contributed by atoms with E-state index in [4.69, 9.17) is 0 Å². The number of para-hydroxylation sites is 1. The maximum absolute atomic E-state index is 12.5. The Morgan fingerprint density at radius 2 is 2.00 bits per heavy atom. The molecule has 0 aliphatic heterocycles. The van der Waals surface area contributed by atoms with E-state index in [0.717, 1.165) is 30.5 Å². The maximum Gasteiger partial charge on any atom is 0.263 e. The predicted octanol–water partition coefficient (Wildman–Crippen LogP) is 3.08. The molecule has 1 N–H and O–H groups in total. The smallest absolute Gasteiger partial charge is 0.263 e. The van der Waals surface area contributed by atoms with Gasteiger partial charge in [0.15, 0.2) is 0 Å². The molecule has 0 radical (unpaired) electrons. The van der Waals surface area contributed by atoms with Gasteiger partial charge >= 0.3 is 0 Å². The van der Waals surface area contributed by atoms with Crippen LogP contribution < -0.4 is 10.9 Å². The molecule has 22 heavy (non-hydrogen) atoms. The standard InChI is InChI=1S/C18H20N2O2/c1-12-7-6-10-16-14(12)11-15(18(22)20(16)2)17(21)19-13-8-4-3-5-9-13/h3-5,8-9,11-12H,6-7,10H2,1-2H3,(H,19,21). The van der Waals surface area contributed by atoms with E-state index >= 15 is 0 Å². The van der Waals surface area contributed by atoms with E-state index in [0.29, 0.717) is 11.6 Å². The second kappa shape index (κ2) is 5.79. The number of anilines is 1. The molecule has 2 aromatic rings. The summed E-state index contributed by atoms with van der Waals surface area (Å²) < 4.78 is 1.64. The second-order valence-electron chi connectivity index (χ2n) is 5.94. The molecule has 3 rings (SSSR count). The second-order valence-corrected chi connectivity index (χ2v) is 5.94. The molecule has 0 bridgehead atoms. The average Bonchev–Trinajstić information content (AvgIpc) is 2.52. The summed E-state index contributed by atoms with van der Waals surface area (Å²) in [6.45, 7) is 2.15. The number of fused-ring (bicyclic) bond motifs is 1. The van der Waals surface area contributed by atoms with Crippen molar-refractivity contribution in [2.75, 3.05) is 5.32 Å². The monoisotopic (exact) mass is 296 g/mol. The van der Waals surface area contributed by atoms with Crippen LogP contribution in [0.3, 0.4) is 0 Å². The summed E-state index contributed by atoms with van der Waals surface area (Å²) in [6.07, 6.45) is 3.11. The third-order valence-corrected chi connectivity index (χ3v) is 4.43. The minimum atomic E-state index is -0.340. The SMILES string of the molecule is CC1CCCc2c1cc(C(=O)Nc1ccccc1)c(=O)n2C. The Balaban J connectivity index is 2.00. The van der Waals surface area contributed by atoms with E-state index in [1.807, 2.05) is 30.3 Å². The van der Waals surface area contributed by atoms with Gasteiger partial charge in [-0.15, -0.1) is 0 Å². The van der Waals surface area contributed by atoms with Crippen LogP contribution in [0.15, 0.2) is 41.2 Å². The van der Waals surface area contributed by atoms with Crippen molar-refractivity contribution in [2.24, 2.45) is 7.05 Å². The summed E-state index contributed by atoms with van der Waals surface area (Å²) in [5, 5.41) is 2.80. The normalized spacial score (nSPS) is 16.9. The topological polar surface area (TPSA) is 51.1 Å². The van der Waals surface area contributed by atoms with Gasteiger partial charge in [0.25, 0.3) is 11.5 Å². The van der Waals surface area contributed by atoms with Crippen LogP contribution in [0, 0.1) is 0 Å². The van der Waals surface area contributed by atoms with Crippen molar-refractivity contribution in [3.05, 3.63) is 63.6 Å². The lowest BCUT2D eigenvalue weighted by Crippen LogP contribution is -2.32. The molecule has 4 heteroatoms. The number of aromatic nitrogens is 1. The van der Waals surface area contributed by atoms with Crippen molar-refractivity contribution in [2.45, 2.75) is 32.1 Å². The van der Waals surface area contributed by atoms with Crippen LogP contribution in [0.2, 0.25) is 0 Å². The molecule has 1 aromatic carbocycles. The summed E-state index contributed by atoms with van der Waals surface area (Å²) in [5.74, 6) is 0.0474. The minimum Gasteiger partial charge on any atom is -0.322 e. The Labute approximate surface area is 129 Å². The highest BCUT2D eigenvalue weighted by Gasteiger charge is 2.23. The Kier molecular flexibility index (Phi) is 3.84. The van der Waals surface area contributed by atoms with Crippen LogP contribution in [-0.4, -0.2) is 10.5 Å². The molecule has 114 valence electrons. The van der Waals surface area contributed by atoms with Gasteiger partial charge in [-0.05, 0) is 48.9 Å². The first-order valence-corrected chi connectivity index (χ1v) is 7.67. The van der Waals surface area contributed by atoms with Crippen LogP contribution in [0.4, 0.5) is 5.69 Å². The molecule has 1 atom stereocenters. The zero-order valence-corrected chi connectivity index (χ0v) is 12.9. The zero-order valence-electron chi connectivity index (χ0n) is 12.9. The number of nitrogens with one attached hydrogen (secondary N) is 1. The summed E-state index contributed by atoms with van der Waals surface area (Å²) in [6, 6.07) is 11.0. The quantitative estimate of drug-likeness (QED) is 0.926. The zero-order chi connectivity index (χ0) is 15.7. The van der Waals surface area contributed by atoms with Gasteiger partial charge in [-0.3, -0.25) is 9.59 Å². The van der Waals surface area contributed by atoms with Crippen molar-refractivity contribution >= 4 is 11.6 Å². The number of hydrogen-bond donors (Lipinski definition) is 1. The van der Waals surface area contributed by atoms with Gasteiger partial charge in [-0.25, -0.2) is 0 Å². The van der Waals surface area contributed by atoms with Gasteiger partial charge in [-0.2, -0.15) is 0 Å². The van der Waals surface area contributed by atoms with Crippen molar-refractivity contribution in [1.29, 1.82) is 0 Å². The lowest BCUT2D eigenvalue weighted by Gasteiger charge is -2.25. The molecule has 1 unspecified atom stereocenters. The number of benzene rings is 1. The third-order valence-electron chi connectivity index (χ3n) is 4.43. The molecular weight excluding hydrogens is 276 g/mol. The Morgan fingerprint density at radius 3 is 2.73 bits per heavy atom. The molecule has 4 nitrogen and oxygen atoms in total. The molecule has 0 saturated carbocycles. The summed E-state index contributed by atoms with van der Waals surface area (Å²) in [4.78, 5) is 24.9. The fraction of sp³-hybridized carbons (Fsp3) is 0.333. The molecular formula is C18H20N2O2.